The molecule has 1 amide bonds. The van der Waals surface area contributed by atoms with Crippen molar-refractivity contribution < 1.29 is 9.18 Å². The average Bonchev–Trinajstić information content (AvgIpc) is 3.06. The first-order chi connectivity index (χ1) is 7.98. The topological polar surface area (TPSA) is 52.9 Å². The molecule has 0 saturated heterocycles. The largest absolute Gasteiger partial charge is 0.325 e. The van der Waals surface area contributed by atoms with Crippen LogP contribution in [-0.4, -0.2) is 5.91 Å². The first-order valence-corrected chi connectivity index (χ1v) is 5.61. The van der Waals surface area contributed by atoms with E-state index in [-0.39, 0.29) is 15.7 Å². The Morgan fingerprint density at radius 1 is 1.41 bits per heavy atom. The van der Waals surface area contributed by atoms with Crippen LogP contribution in [0.2, 0.25) is 10.0 Å². The molecule has 0 aliphatic heterocycles. The number of carbonyl (C=O) groups is 1. The van der Waals surface area contributed by atoms with Crippen LogP contribution in [0.25, 0.3) is 0 Å². The molecule has 17 heavy (non-hydrogen) atoms. The SMILES string of the molecule is N#CC1(C(=O)Nc2cc(Cl)c(F)c(Cl)c2)CC1. The van der Waals surface area contributed by atoms with Gasteiger partial charge in [0.1, 0.15) is 5.41 Å². The van der Waals surface area contributed by atoms with Crippen LogP contribution in [0.3, 0.4) is 0 Å². The first-order valence-electron chi connectivity index (χ1n) is 4.86. The third-order valence-electron chi connectivity index (χ3n) is 2.64. The van der Waals surface area contributed by atoms with Crippen LogP contribution < -0.4 is 5.32 Å². The first kappa shape index (κ1) is 12.2. The summed E-state index contributed by atoms with van der Waals surface area (Å²) in [5, 5.41) is 11.0. The number of nitriles is 1. The molecular formula is C11H7Cl2FN2O. The number of carbonyl (C=O) groups excluding carboxylic acids is 1. The Hall–Kier alpha value is -1.31. The second kappa shape index (κ2) is 4.17. The van der Waals surface area contributed by atoms with E-state index < -0.39 is 17.1 Å². The fourth-order valence-corrected chi connectivity index (χ4v) is 1.88. The molecule has 2 rings (SSSR count). The number of hydrogen-bond acceptors (Lipinski definition) is 2. The predicted octanol–water partition coefficient (Wildman–Crippen LogP) is 3.37. The highest BCUT2D eigenvalue weighted by Crippen LogP contribution is 2.45. The Morgan fingerprint density at radius 2 is 1.94 bits per heavy atom. The molecule has 0 aromatic heterocycles. The fourth-order valence-electron chi connectivity index (χ4n) is 1.39. The number of hydrogen-bond donors (Lipinski definition) is 1. The maximum Gasteiger partial charge on any atom is 0.244 e. The number of rotatable bonds is 2. The highest BCUT2D eigenvalue weighted by Gasteiger charge is 2.50. The molecule has 1 aromatic carbocycles. The van der Waals surface area contributed by atoms with Crippen molar-refractivity contribution in [3.05, 3.63) is 28.0 Å². The van der Waals surface area contributed by atoms with Gasteiger partial charge in [-0.25, -0.2) is 4.39 Å². The molecule has 0 radical (unpaired) electrons. The minimum Gasteiger partial charge on any atom is -0.325 e. The molecule has 1 aliphatic carbocycles. The summed E-state index contributed by atoms with van der Waals surface area (Å²) in [6, 6.07) is 4.48. The van der Waals surface area contributed by atoms with Gasteiger partial charge in [0.05, 0.1) is 16.1 Å². The lowest BCUT2D eigenvalue weighted by atomic mass is 10.1. The summed E-state index contributed by atoms with van der Waals surface area (Å²) in [6.07, 6.45) is 1.08. The normalized spacial score (nSPS) is 16.1. The Kier molecular flexibility index (Phi) is 2.98. The zero-order valence-electron chi connectivity index (χ0n) is 8.56. The molecule has 6 heteroatoms. The van der Waals surface area contributed by atoms with Crippen molar-refractivity contribution in [2.45, 2.75) is 12.8 Å². The van der Waals surface area contributed by atoms with Gasteiger partial charge >= 0.3 is 0 Å². The number of amides is 1. The lowest BCUT2D eigenvalue weighted by molar-refractivity contribution is -0.119. The lowest BCUT2D eigenvalue weighted by Crippen LogP contribution is -2.22. The summed E-state index contributed by atoms with van der Waals surface area (Å²) in [7, 11) is 0. The van der Waals surface area contributed by atoms with E-state index in [4.69, 9.17) is 28.5 Å². The number of anilines is 1. The standard InChI is InChI=1S/C11H7Cl2FN2O/c12-7-3-6(4-8(13)9(7)14)16-10(17)11(5-15)1-2-11/h3-4H,1-2H2,(H,16,17). The highest BCUT2D eigenvalue weighted by molar-refractivity contribution is 6.35. The van der Waals surface area contributed by atoms with Crippen LogP contribution in [-0.2, 0) is 4.79 Å². The molecule has 1 aromatic rings. The molecule has 1 fully saturated rings. The van der Waals surface area contributed by atoms with E-state index in [1.54, 1.807) is 0 Å². The van der Waals surface area contributed by atoms with Gasteiger partial charge in [-0.1, -0.05) is 23.2 Å². The highest BCUT2D eigenvalue weighted by atomic mass is 35.5. The van der Waals surface area contributed by atoms with Crippen LogP contribution in [0.1, 0.15) is 12.8 Å². The summed E-state index contributed by atoms with van der Waals surface area (Å²) in [5.41, 5.74) is -0.652. The van der Waals surface area contributed by atoms with Crippen LogP contribution in [0, 0.1) is 22.6 Å². The van der Waals surface area contributed by atoms with Gasteiger partial charge in [-0.15, -0.1) is 0 Å². The van der Waals surface area contributed by atoms with E-state index in [0.717, 1.165) is 0 Å². The number of benzene rings is 1. The van der Waals surface area contributed by atoms with E-state index in [2.05, 4.69) is 5.32 Å². The van der Waals surface area contributed by atoms with Crippen molar-refractivity contribution in [1.82, 2.24) is 0 Å². The summed E-state index contributed by atoms with van der Waals surface area (Å²) in [5.74, 6) is -1.13. The molecule has 0 unspecified atom stereocenters. The van der Waals surface area contributed by atoms with Crippen molar-refractivity contribution in [2.24, 2.45) is 5.41 Å². The van der Waals surface area contributed by atoms with Gasteiger partial charge in [-0.3, -0.25) is 4.79 Å². The molecule has 1 aliphatic rings. The molecule has 88 valence electrons. The second-order valence-electron chi connectivity index (χ2n) is 3.90. The summed E-state index contributed by atoms with van der Waals surface area (Å²) >= 11 is 11.2. The molecule has 1 N–H and O–H groups in total. The van der Waals surface area contributed by atoms with Gasteiger partial charge in [0.15, 0.2) is 5.82 Å². The van der Waals surface area contributed by atoms with Crippen molar-refractivity contribution in [3.8, 4) is 6.07 Å². The Bertz CT molecular complexity index is 512. The Labute approximate surface area is 107 Å². The monoisotopic (exact) mass is 272 g/mol. The smallest absolute Gasteiger partial charge is 0.244 e. The maximum absolute atomic E-state index is 13.1. The Balaban J connectivity index is 2.21. The summed E-state index contributed by atoms with van der Waals surface area (Å²) < 4.78 is 13.1. The van der Waals surface area contributed by atoms with Crippen molar-refractivity contribution in [2.75, 3.05) is 5.32 Å². The van der Waals surface area contributed by atoms with Crippen LogP contribution in [0.15, 0.2) is 12.1 Å². The second-order valence-corrected chi connectivity index (χ2v) is 4.72. The minimum atomic E-state index is -0.937. The van der Waals surface area contributed by atoms with Crippen LogP contribution in [0.5, 0.6) is 0 Å². The zero-order chi connectivity index (χ0) is 12.6. The number of nitrogens with zero attached hydrogens (tertiary/aromatic N) is 1. The van der Waals surface area contributed by atoms with E-state index in [0.29, 0.717) is 12.8 Å². The van der Waals surface area contributed by atoms with Gasteiger partial charge in [-0.2, -0.15) is 5.26 Å². The van der Waals surface area contributed by atoms with Gasteiger partial charge in [0, 0.05) is 5.69 Å². The summed E-state index contributed by atoms with van der Waals surface area (Å²) in [4.78, 5) is 11.7. The minimum absolute atomic E-state index is 0.172. The summed E-state index contributed by atoms with van der Waals surface area (Å²) in [6.45, 7) is 0. The molecule has 0 spiro atoms. The average molecular weight is 273 g/mol. The number of nitrogens with one attached hydrogen (secondary N) is 1. The van der Waals surface area contributed by atoms with Gasteiger partial charge in [0.2, 0.25) is 5.91 Å². The van der Waals surface area contributed by atoms with Crippen molar-refractivity contribution in [1.29, 1.82) is 5.26 Å². The molecule has 0 atom stereocenters. The van der Waals surface area contributed by atoms with E-state index in [1.165, 1.54) is 12.1 Å². The third-order valence-corrected chi connectivity index (χ3v) is 3.19. The number of halogens is 3. The molecule has 0 bridgehead atoms. The Morgan fingerprint density at radius 3 is 2.35 bits per heavy atom. The lowest BCUT2D eigenvalue weighted by Gasteiger charge is -2.09. The van der Waals surface area contributed by atoms with E-state index >= 15 is 0 Å². The predicted molar refractivity (Wildman–Crippen MR) is 62.3 cm³/mol. The molecule has 1 saturated carbocycles. The maximum atomic E-state index is 13.1. The molecular weight excluding hydrogens is 266 g/mol. The third kappa shape index (κ3) is 2.21. The quantitative estimate of drug-likeness (QED) is 0.840. The van der Waals surface area contributed by atoms with Gasteiger partial charge < -0.3 is 5.32 Å². The van der Waals surface area contributed by atoms with Gasteiger partial charge in [-0.05, 0) is 25.0 Å². The molecule has 3 nitrogen and oxygen atoms in total. The van der Waals surface area contributed by atoms with E-state index in [1.807, 2.05) is 6.07 Å². The molecule has 0 heterocycles. The van der Waals surface area contributed by atoms with Crippen LogP contribution in [0.4, 0.5) is 10.1 Å². The van der Waals surface area contributed by atoms with E-state index in [9.17, 15) is 9.18 Å². The van der Waals surface area contributed by atoms with Gasteiger partial charge in [0.25, 0.3) is 0 Å². The van der Waals surface area contributed by atoms with Crippen molar-refractivity contribution in [3.63, 3.8) is 0 Å². The zero-order valence-corrected chi connectivity index (χ0v) is 10.1. The van der Waals surface area contributed by atoms with Crippen molar-refractivity contribution >= 4 is 34.8 Å². The fraction of sp³-hybridized carbons (Fsp3) is 0.273. The van der Waals surface area contributed by atoms with Crippen LogP contribution >= 0.6 is 23.2 Å².